The summed E-state index contributed by atoms with van der Waals surface area (Å²) in [5.41, 5.74) is 1.18. The second-order valence-electron chi connectivity index (χ2n) is 7.52. The molecule has 1 fully saturated rings. The van der Waals surface area contributed by atoms with Gasteiger partial charge in [-0.15, -0.1) is 24.0 Å². The number of benzene rings is 1. The minimum Gasteiger partial charge on any atom is -0.357 e. The van der Waals surface area contributed by atoms with Crippen molar-refractivity contribution in [2.75, 3.05) is 45.8 Å². The molecule has 2 N–H and O–H groups in total. The van der Waals surface area contributed by atoms with Crippen molar-refractivity contribution < 1.29 is 4.39 Å². The largest absolute Gasteiger partial charge is 0.357 e. The van der Waals surface area contributed by atoms with Crippen LogP contribution >= 0.6 is 24.0 Å². The molecule has 0 unspecified atom stereocenters. The maximum atomic E-state index is 13.1. The molecule has 0 spiro atoms. The average molecular weight is 519 g/mol. The smallest absolute Gasteiger partial charge is 0.191 e. The number of likely N-dealkylation sites (tertiary alicyclic amines) is 1. The van der Waals surface area contributed by atoms with Crippen molar-refractivity contribution in [1.29, 1.82) is 0 Å². The fourth-order valence-corrected chi connectivity index (χ4v) is 3.64. The van der Waals surface area contributed by atoms with Gasteiger partial charge in [-0.2, -0.15) is 0 Å². The van der Waals surface area contributed by atoms with Gasteiger partial charge in [-0.3, -0.25) is 9.89 Å². The molecule has 1 aromatic carbocycles. The van der Waals surface area contributed by atoms with Crippen LogP contribution in [0.1, 0.15) is 45.6 Å². The Balaban J connectivity index is 0.00000420. The summed E-state index contributed by atoms with van der Waals surface area (Å²) in [5, 5.41) is 7.00. The van der Waals surface area contributed by atoms with Gasteiger partial charge in [-0.05, 0) is 57.0 Å². The van der Waals surface area contributed by atoms with E-state index in [2.05, 4.69) is 41.2 Å². The van der Waals surface area contributed by atoms with Gasteiger partial charge in [-0.25, -0.2) is 4.39 Å². The third-order valence-electron chi connectivity index (χ3n) is 5.27. The first kappa shape index (κ1) is 26.1. The fourth-order valence-electron chi connectivity index (χ4n) is 3.64. The van der Waals surface area contributed by atoms with Gasteiger partial charge in [0, 0.05) is 38.8 Å². The summed E-state index contributed by atoms with van der Waals surface area (Å²) in [6, 6.07) is 7.31. The molecule has 1 aliphatic heterocycles. The van der Waals surface area contributed by atoms with Crippen molar-refractivity contribution in [3.05, 3.63) is 35.6 Å². The number of piperidine rings is 1. The van der Waals surface area contributed by atoms with Crippen LogP contribution in [0.4, 0.5) is 4.39 Å². The van der Waals surface area contributed by atoms with Gasteiger partial charge in [0.15, 0.2) is 5.96 Å². The van der Waals surface area contributed by atoms with E-state index >= 15 is 0 Å². The summed E-state index contributed by atoms with van der Waals surface area (Å²) < 4.78 is 13.1. The summed E-state index contributed by atoms with van der Waals surface area (Å²) in [5.74, 6) is 0.769. The van der Waals surface area contributed by atoms with Crippen LogP contribution in [0.2, 0.25) is 0 Å². The van der Waals surface area contributed by atoms with Gasteiger partial charge in [0.25, 0.3) is 0 Å². The molecule has 1 aliphatic rings. The van der Waals surface area contributed by atoms with E-state index in [0.717, 1.165) is 71.2 Å². The molecule has 29 heavy (non-hydrogen) atoms. The number of halogens is 2. The van der Waals surface area contributed by atoms with Crippen LogP contribution in [0, 0.1) is 5.82 Å². The molecule has 0 bridgehead atoms. The highest BCUT2D eigenvalue weighted by atomic mass is 127. The molecule has 1 saturated heterocycles. The van der Waals surface area contributed by atoms with Gasteiger partial charge in [0.05, 0.1) is 6.54 Å². The normalized spacial score (nSPS) is 16.0. The summed E-state index contributed by atoms with van der Waals surface area (Å²) >= 11 is 0. The van der Waals surface area contributed by atoms with Crippen LogP contribution < -0.4 is 10.6 Å². The number of rotatable bonds is 10. The number of hydrogen-bond donors (Lipinski definition) is 2. The van der Waals surface area contributed by atoms with Gasteiger partial charge in [-0.1, -0.05) is 26.0 Å². The molecular weight excluding hydrogens is 480 g/mol. The third-order valence-corrected chi connectivity index (χ3v) is 5.27. The van der Waals surface area contributed by atoms with Crippen molar-refractivity contribution >= 4 is 29.9 Å². The zero-order valence-corrected chi connectivity index (χ0v) is 20.6. The predicted molar refractivity (Wildman–Crippen MR) is 132 cm³/mol. The van der Waals surface area contributed by atoms with Gasteiger partial charge >= 0.3 is 0 Å². The minimum atomic E-state index is -0.168. The van der Waals surface area contributed by atoms with Crippen LogP contribution in [-0.4, -0.2) is 67.6 Å². The van der Waals surface area contributed by atoms with Crippen LogP contribution in [0.25, 0.3) is 0 Å². The Hall–Kier alpha value is -0.930. The van der Waals surface area contributed by atoms with E-state index in [0.29, 0.717) is 6.04 Å². The summed E-state index contributed by atoms with van der Waals surface area (Å²) in [7, 11) is 0. The monoisotopic (exact) mass is 519 g/mol. The topological polar surface area (TPSA) is 42.9 Å². The van der Waals surface area contributed by atoms with Gasteiger partial charge in [0.2, 0.25) is 0 Å². The van der Waals surface area contributed by atoms with Crippen LogP contribution in [0.5, 0.6) is 0 Å². The standard InChI is InChI=1S/C22H38FN5.HI/c1-4-14-27(6-3)17-13-25-22(24-5-2)26-21-11-15-28(16-12-21)18-19-7-9-20(23)10-8-19;/h7-10,21H,4-6,11-18H2,1-3H3,(H2,24,25,26);1H. The molecule has 166 valence electrons. The number of aliphatic imine (C=N–C) groups is 1. The zero-order valence-electron chi connectivity index (χ0n) is 18.3. The highest BCUT2D eigenvalue weighted by molar-refractivity contribution is 14.0. The van der Waals surface area contributed by atoms with Gasteiger partial charge in [0.1, 0.15) is 5.82 Å². The molecule has 0 radical (unpaired) electrons. The number of hydrogen-bond acceptors (Lipinski definition) is 3. The molecule has 0 aliphatic carbocycles. The van der Waals surface area contributed by atoms with E-state index in [-0.39, 0.29) is 29.8 Å². The van der Waals surface area contributed by atoms with Crippen molar-refractivity contribution in [1.82, 2.24) is 20.4 Å². The van der Waals surface area contributed by atoms with Gasteiger partial charge < -0.3 is 15.5 Å². The molecule has 7 heteroatoms. The zero-order chi connectivity index (χ0) is 20.2. The lowest BCUT2D eigenvalue weighted by Gasteiger charge is -2.33. The van der Waals surface area contributed by atoms with E-state index < -0.39 is 0 Å². The Morgan fingerprint density at radius 1 is 1.14 bits per heavy atom. The van der Waals surface area contributed by atoms with Crippen molar-refractivity contribution in [3.63, 3.8) is 0 Å². The average Bonchev–Trinajstić information content (AvgIpc) is 2.70. The predicted octanol–water partition coefficient (Wildman–Crippen LogP) is 3.70. The Morgan fingerprint density at radius 3 is 2.41 bits per heavy atom. The first-order valence-corrected chi connectivity index (χ1v) is 10.9. The molecule has 0 saturated carbocycles. The summed E-state index contributed by atoms with van der Waals surface area (Å²) in [4.78, 5) is 9.67. The maximum absolute atomic E-state index is 13.1. The molecule has 0 aromatic heterocycles. The number of nitrogens with zero attached hydrogens (tertiary/aromatic N) is 3. The Bertz CT molecular complexity index is 573. The summed E-state index contributed by atoms with van der Waals surface area (Å²) in [6.45, 7) is 14.5. The number of nitrogens with one attached hydrogen (secondary N) is 2. The SMILES string of the molecule is CCCN(CC)CCN=C(NCC)NC1CCN(Cc2ccc(F)cc2)CC1.I. The number of guanidine groups is 1. The highest BCUT2D eigenvalue weighted by Crippen LogP contribution is 2.14. The molecule has 2 rings (SSSR count). The first-order valence-electron chi connectivity index (χ1n) is 10.9. The second kappa shape index (κ2) is 15.0. The fraction of sp³-hybridized carbons (Fsp3) is 0.682. The Labute approximate surface area is 193 Å². The Morgan fingerprint density at radius 2 is 1.83 bits per heavy atom. The maximum Gasteiger partial charge on any atom is 0.191 e. The minimum absolute atomic E-state index is 0. The van der Waals surface area contributed by atoms with Crippen molar-refractivity contribution in [2.45, 2.75) is 52.6 Å². The third kappa shape index (κ3) is 10.1. The first-order chi connectivity index (χ1) is 13.6. The van der Waals surface area contributed by atoms with E-state index in [1.54, 1.807) is 12.1 Å². The quantitative estimate of drug-likeness (QED) is 0.281. The van der Waals surface area contributed by atoms with Crippen LogP contribution in [-0.2, 0) is 6.54 Å². The lowest BCUT2D eigenvalue weighted by molar-refractivity contribution is 0.198. The molecule has 0 atom stereocenters. The molecule has 5 nitrogen and oxygen atoms in total. The van der Waals surface area contributed by atoms with E-state index in [4.69, 9.17) is 4.99 Å². The van der Waals surface area contributed by atoms with E-state index in [1.807, 2.05) is 12.1 Å². The second-order valence-corrected chi connectivity index (χ2v) is 7.52. The molecule has 1 aromatic rings. The molecule has 1 heterocycles. The van der Waals surface area contributed by atoms with Crippen molar-refractivity contribution in [2.24, 2.45) is 4.99 Å². The molecule has 0 amide bonds. The van der Waals surface area contributed by atoms with E-state index in [9.17, 15) is 4.39 Å². The van der Waals surface area contributed by atoms with Crippen LogP contribution in [0.15, 0.2) is 29.3 Å². The highest BCUT2D eigenvalue weighted by Gasteiger charge is 2.20. The number of likely N-dealkylation sites (N-methyl/N-ethyl adjacent to an activating group) is 1. The lowest BCUT2D eigenvalue weighted by Crippen LogP contribution is -2.48. The molecular formula is C22H39FIN5. The summed E-state index contributed by atoms with van der Waals surface area (Å²) in [6.07, 6.45) is 3.39. The lowest BCUT2D eigenvalue weighted by atomic mass is 10.0. The Kier molecular flexibility index (Phi) is 13.5. The van der Waals surface area contributed by atoms with E-state index in [1.165, 1.54) is 12.0 Å². The van der Waals surface area contributed by atoms with Crippen LogP contribution in [0.3, 0.4) is 0 Å². The van der Waals surface area contributed by atoms with Crippen molar-refractivity contribution in [3.8, 4) is 0 Å².